The molecule has 25 heavy (non-hydrogen) atoms. The van der Waals surface area contributed by atoms with Crippen LogP contribution in [0.15, 0.2) is 42.0 Å². The zero-order chi connectivity index (χ0) is 17.2. The number of fused-ring (bicyclic) bond motifs is 1. The average Bonchev–Trinajstić information content (AvgIpc) is 3.28. The summed E-state index contributed by atoms with van der Waals surface area (Å²) in [5.74, 6) is -0.280. The topological polar surface area (TPSA) is 95.2 Å². The predicted molar refractivity (Wildman–Crippen MR) is 90.0 cm³/mol. The van der Waals surface area contributed by atoms with Crippen LogP contribution in [0.2, 0.25) is 0 Å². The lowest BCUT2D eigenvalue weighted by Gasteiger charge is -1.98. The van der Waals surface area contributed by atoms with E-state index in [-0.39, 0.29) is 12.4 Å². The molecular weight excluding hydrogens is 340 g/mol. The van der Waals surface area contributed by atoms with E-state index in [9.17, 15) is 4.79 Å². The van der Waals surface area contributed by atoms with Crippen molar-refractivity contribution in [3.63, 3.8) is 0 Å². The van der Waals surface area contributed by atoms with E-state index >= 15 is 0 Å². The zero-order valence-corrected chi connectivity index (χ0v) is 14.0. The van der Waals surface area contributed by atoms with Gasteiger partial charge in [0.15, 0.2) is 0 Å². The van der Waals surface area contributed by atoms with Gasteiger partial charge in [0.05, 0.1) is 11.4 Å². The number of esters is 1. The van der Waals surface area contributed by atoms with Crippen molar-refractivity contribution < 1.29 is 9.53 Å². The van der Waals surface area contributed by atoms with E-state index < -0.39 is 5.97 Å². The summed E-state index contributed by atoms with van der Waals surface area (Å²) in [5.41, 5.74) is 2.27. The molecule has 0 amide bonds. The van der Waals surface area contributed by atoms with Crippen LogP contribution in [0.5, 0.6) is 0 Å². The highest BCUT2D eigenvalue weighted by atomic mass is 32.1. The van der Waals surface area contributed by atoms with Gasteiger partial charge in [0.25, 0.3) is 11.6 Å². The minimum absolute atomic E-state index is 0.0259. The second-order valence-electron chi connectivity index (χ2n) is 5.17. The highest BCUT2D eigenvalue weighted by molar-refractivity contribution is 7.13. The van der Waals surface area contributed by atoms with E-state index in [4.69, 9.17) is 4.74 Å². The molecule has 0 spiro atoms. The van der Waals surface area contributed by atoms with Crippen LogP contribution in [0.3, 0.4) is 0 Å². The highest BCUT2D eigenvalue weighted by Gasteiger charge is 2.16. The molecule has 4 aromatic rings. The van der Waals surface area contributed by atoms with Gasteiger partial charge in [-0.2, -0.15) is 4.98 Å². The maximum absolute atomic E-state index is 12.2. The van der Waals surface area contributed by atoms with Crippen molar-refractivity contribution in [3.8, 4) is 10.7 Å². The minimum atomic E-state index is -0.614. The van der Waals surface area contributed by atoms with Crippen LogP contribution in [0.4, 0.5) is 0 Å². The molecule has 4 aromatic heterocycles. The number of hydrogen-bond acceptors (Lipinski definition) is 8. The molecule has 0 aliphatic rings. The molecule has 0 bridgehead atoms. The summed E-state index contributed by atoms with van der Waals surface area (Å²) in [6.45, 7) is 1.90. The van der Waals surface area contributed by atoms with Crippen LogP contribution in [-0.2, 0) is 11.3 Å². The van der Waals surface area contributed by atoms with Crippen molar-refractivity contribution >= 4 is 23.1 Å². The monoisotopic (exact) mass is 352 g/mol. The number of pyridine rings is 1. The second kappa shape index (κ2) is 6.36. The molecule has 0 saturated carbocycles. The van der Waals surface area contributed by atoms with Gasteiger partial charge < -0.3 is 4.74 Å². The molecule has 8 nitrogen and oxygen atoms in total. The van der Waals surface area contributed by atoms with Crippen LogP contribution in [0.1, 0.15) is 22.0 Å². The maximum atomic E-state index is 12.2. The smallest absolute Gasteiger partial charge is 0.378 e. The van der Waals surface area contributed by atoms with Gasteiger partial charge in [-0.15, -0.1) is 16.4 Å². The molecule has 0 N–H and O–H groups in total. The Bertz CT molecular complexity index is 1040. The molecule has 0 radical (unpaired) electrons. The van der Waals surface area contributed by atoms with Crippen LogP contribution >= 0.6 is 11.3 Å². The molecular formula is C16H12N6O2S. The molecule has 0 unspecified atom stereocenters. The molecule has 0 aromatic carbocycles. The zero-order valence-electron chi connectivity index (χ0n) is 13.2. The van der Waals surface area contributed by atoms with Crippen LogP contribution in [0.25, 0.3) is 16.5 Å². The van der Waals surface area contributed by atoms with Crippen molar-refractivity contribution in [2.24, 2.45) is 0 Å². The summed E-state index contributed by atoms with van der Waals surface area (Å²) in [6, 6.07) is 7.41. The highest BCUT2D eigenvalue weighted by Crippen LogP contribution is 2.21. The third-order valence-electron chi connectivity index (χ3n) is 3.40. The molecule has 0 saturated heterocycles. The second-order valence-corrected chi connectivity index (χ2v) is 6.03. The maximum Gasteiger partial charge on any atom is 0.378 e. The Labute approximate surface area is 146 Å². The first-order chi connectivity index (χ1) is 12.2. The Balaban J connectivity index is 1.46. The van der Waals surface area contributed by atoms with E-state index in [0.29, 0.717) is 11.5 Å². The summed E-state index contributed by atoms with van der Waals surface area (Å²) < 4.78 is 6.75. The molecule has 0 aliphatic carbocycles. The minimum Gasteiger partial charge on any atom is -0.453 e. The number of ether oxygens (including phenoxy) is 1. The Morgan fingerprint density at radius 3 is 2.92 bits per heavy atom. The molecule has 0 fully saturated rings. The first-order valence-corrected chi connectivity index (χ1v) is 8.30. The van der Waals surface area contributed by atoms with E-state index in [2.05, 4.69) is 25.0 Å². The van der Waals surface area contributed by atoms with Gasteiger partial charge >= 0.3 is 5.97 Å². The molecule has 124 valence electrons. The van der Waals surface area contributed by atoms with Crippen LogP contribution in [0, 0.1) is 6.92 Å². The Morgan fingerprint density at radius 1 is 1.20 bits per heavy atom. The van der Waals surface area contributed by atoms with E-state index in [0.717, 1.165) is 16.4 Å². The summed E-state index contributed by atoms with van der Waals surface area (Å²) in [6.07, 6.45) is 3.32. The number of thiazole rings is 1. The average molecular weight is 352 g/mol. The first-order valence-electron chi connectivity index (χ1n) is 7.42. The number of aromatic nitrogens is 6. The fraction of sp³-hybridized carbons (Fsp3) is 0.125. The van der Waals surface area contributed by atoms with E-state index in [1.165, 1.54) is 15.9 Å². The summed E-state index contributed by atoms with van der Waals surface area (Å²) >= 11 is 1.45. The third kappa shape index (κ3) is 3.09. The molecule has 0 atom stereocenters. The van der Waals surface area contributed by atoms with Gasteiger partial charge in [-0.3, -0.25) is 4.98 Å². The van der Waals surface area contributed by atoms with Gasteiger partial charge in [0.1, 0.15) is 11.6 Å². The van der Waals surface area contributed by atoms with E-state index in [1.54, 1.807) is 18.5 Å². The van der Waals surface area contributed by atoms with Crippen LogP contribution < -0.4 is 0 Å². The van der Waals surface area contributed by atoms with Crippen molar-refractivity contribution in [2.75, 3.05) is 0 Å². The number of carbonyl (C=O) groups excluding carboxylic acids is 1. The summed E-state index contributed by atoms with van der Waals surface area (Å²) in [7, 11) is 0. The first kappa shape index (κ1) is 15.3. The van der Waals surface area contributed by atoms with Gasteiger partial charge in [0, 0.05) is 23.5 Å². The van der Waals surface area contributed by atoms with Gasteiger partial charge in [-0.1, -0.05) is 6.07 Å². The Hall–Kier alpha value is -3.20. The molecule has 4 rings (SSSR count). The number of nitrogens with zero attached hydrogens (tertiary/aromatic N) is 6. The number of carbonyl (C=O) groups is 1. The van der Waals surface area contributed by atoms with Crippen molar-refractivity contribution in [1.29, 1.82) is 0 Å². The molecule has 0 aliphatic heterocycles. The third-order valence-corrected chi connectivity index (χ3v) is 4.31. The lowest BCUT2D eigenvalue weighted by atomic mass is 10.4. The Kier molecular flexibility index (Phi) is 3.90. The van der Waals surface area contributed by atoms with Crippen LogP contribution in [-0.4, -0.2) is 35.5 Å². The fourth-order valence-corrected chi connectivity index (χ4v) is 2.96. The predicted octanol–water partition coefficient (Wildman–Crippen LogP) is 2.31. The summed E-state index contributed by atoms with van der Waals surface area (Å²) in [4.78, 5) is 29.0. The molecule has 9 heteroatoms. The SMILES string of the molecule is Cc1ccnc2nc(C(=O)OCc3csc(-c4ccccn4)n3)nn12. The number of hydrogen-bond donors (Lipinski definition) is 0. The lowest BCUT2D eigenvalue weighted by molar-refractivity contribution is 0.0454. The number of aryl methyl sites for hydroxylation is 1. The Morgan fingerprint density at radius 2 is 2.12 bits per heavy atom. The number of rotatable bonds is 4. The van der Waals surface area contributed by atoms with Crippen molar-refractivity contribution in [3.05, 3.63) is 59.3 Å². The van der Waals surface area contributed by atoms with E-state index in [1.807, 2.05) is 30.5 Å². The van der Waals surface area contributed by atoms with Crippen molar-refractivity contribution in [1.82, 2.24) is 29.5 Å². The normalized spacial score (nSPS) is 10.9. The summed E-state index contributed by atoms with van der Waals surface area (Å²) in [5, 5.41) is 6.73. The van der Waals surface area contributed by atoms with Gasteiger partial charge in [-0.05, 0) is 25.1 Å². The largest absolute Gasteiger partial charge is 0.453 e. The lowest BCUT2D eigenvalue weighted by Crippen LogP contribution is -2.08. The quantitative estimate of drug-likeness (QED) is 0.520. The molecule has 4 heterocycles. The fourth-order valence-electron chi connectivity index (χ4n) is 2.18. The standard InChI is InChI=1S/C16H12N6O2S/c1-10-5-7-18-16-20-13(21-22(10)16)15(23)24-8-11-9-25-14(19-11)12-4-2-3-6-17-12/h2-7,9H,8H2,1H3. The van der Waals surface area contributed by atoms with Gasteiger partial charge in [-0.25, -0.2) is 19.3 Å². The van der Waals surface area contributed by atoms with Crippen molar-refractivity contribution in [2.45, 2.75) is 13.5 Å². The van der Waals surface area contributed by atoms with Gasteiger partial charge in [0.2, 0.25) is 0 Å².